The standard InChI is InChI=1S/C26H24N4O5/c31-24(27-22-10-9-17(14-25(32)28-34)13-19(22)15-26(33)29-35)11-12-30-16-18-5-1-2-6-20(18)21-7-3-4-8-23(21)30/h1-10,13,16H,11-12,14-15H2,(H4-,27,28,29,31,32,33,34,35)/p+1. The van der Waals surface area contributed by atoms with Crippen molar-refractivity contribution in [1.82, 2.24) is 11.0 Å². The number of pyridine rings is 1. The molecule has 0 aliphatic carbocycles. The van der Waals surface area contributed by atoms with Crippen molar-refractivity contribution >= 4 is 45.1 Å². The number of fused-ring (bicyclic) bond motifs is 3. The molecule has 5 N–H and O–H groups in total. The zero-order chi connectivity index (χ0) is 24.8. The minimum atomic E-state index is -0.664. The van der Waals surface area contributed by atoms with Gasteiger partial charge in [0.05, 0.1) is 24.6 Å². The van der Waals surface area contributed by atoms with Crippen LogP contribution in [0.3, 0.4) is 0 Å². The van der Waals surface area contributed by atoms with Gasteiger partial charge in [-0.15, -0.1) is 0 Å². The van der Waals surface area contributed by atoms with E-state index in [0.717, 1.165) is 21.7 Å². The first kappa shape index (κ1) is 23.8. The fourth-order valence-corrected chi connectivity index (χ4v) is 4.13. The summed E-state index contributed by atoms with van der Waals surface area (Å²) >= 11 is 0. The second-order valence-electron chi connectivity index (χ2n) is 8.14. The van der Waals surface area contributed by atoms with Crippen LogP contribution in [0.1, 0.15) is 17.5 Å². The predicted octanol–water partition coefficient (Wildman–Crippen LogP) is 2.41. The average Bonchev–Trinajstić information content (AvgIpc) is 2.88. The summed E-state index contributed by atoms with van der Waals surface area (Å²) in [6.45, 7) is 0.443. The van der Waals surface area contributed by atoms with Crippen LogP contribution >= 0.6 is 0 Å². The molecule has 9 heteroatoms. The highest BCUT2D eigenvalue weighted by atomic mass is 16.5. The Balaban J connectivity index is 1.53. The van der Waals surface area contributed by atoms with Gasteiger partial charge in [-0.1, -0.05) is 42.5 Å². The van der Waals surface area contributed by atoms with Gasteiger partial charge in [-0.2, -0.15) is 4.57 Å². The van der Waals surface area contributed by atoms with Crippen LogP contribution in [0.5, 0.6) is 0 Å². The van der Waals surface area contributed by atoms with Gasteiger partial charge in [0.25, 0.3) is 0 Å². The van der Waals surface area contributed by atoms with Crippen LogP contribution in [-0.4, -0.2) is 28.1 Å². The van der Waals surface area contributed by atoms with Gasteiger partial charge in [0.1, 0.15) is 0 Å². The number of anilines is 1. The van der Waals surface area contributed by atoms with E-state index >= 15 is 0 Å². The normalized spacial score (nSPS) is 10.8. The fraction of sp³-hybridized carbons (Fsp3) is 0.154. The first-order chi connectivity index (χ1) is 17.0. The maximum Gasteiger partial charge on any atom is 0.247 e. The summed E-state index contributed by atoms with van der Waals surface area (Å²) in [6.07, 6.45) is 1.91. The number of nitrogens with zero attached hydrogens (tertiary/aromatic N) is 1. The Kier molecular flexibility index (Phi) is 7.30. The number of nitrogens with one attached hydrogen (secondary N) is 3. The molecule has 3 amide bonds. The first-order valence-electron chi connectivity index (χ1n) is 11.1. The largest absolute Gasteiger partial charge is 0.326 e. The van der Waals surface area contributed by atoms with Gasteiger partial charge in [-0.3, -0.25) is 24.8 Å². The van der Waals surface area contributed by atoms with E-state index in [0.29, 0.717) is 23.4 Å². The van der Waals surface area contributed by atoms with Crippen LogP contribution in [0.15, 0.2) is 72.9 Å². The van der Waals surface area contributed by atoms with Crippen LogP contribution in [0, 0.1) is 0 Å². The lowest BCUT2D eigenvalue weighted by atomic mass is 10.0. The van der Waals surface area contributed by atoms with Crippen LogP contribution in [0.4, 0.5) is 5.69 Å². The first-order valence-corrected chi connectivity index (χ1v) is 11.1. The van der Waals surface area contributed by atoms with E-state index in [1.165, 1.54) is 0 Å². The van der Waals surface area contributed by atoms with E-state index in [4.69, 9.17) is 10.4 Å². The minimum absolute atomic E-state index is 0.107. The summed E-state index contributed by atoms with van der Waals surface area (Å²) in [7, 11) is 0. The number of hydrogen-bond donors (Lipinski definition) is 5. The van der Waals surface area contributed by atoms with Crippen molar-refractivity contribution < 1.29 is 29.4 Å². The Morgan fingerprint density at radius 2 is 1.46 bits per heavy atom. The molecule has 3 aromatic carbocycles. The van der Waals surface area contributed by atoms with Gasteiger partial charge in [0.15, 0.2) is 12.7 Å². The van der Waals surface area contributed by atoms with Crippen molar-refractivity contribution in [2.24, 2.45) is 0 Å². The maximum absolute atomic E-state index is 12.8. The third-order valence-corrected chi connectivity index (χ3v) is 5.75. The molecule has 0 aliphatic heterocycles. The van der Waals surface area contributed by atoms with Gasteiger partial charge in [-0.25, -0.2) is 11.0 Å². The van der Waals surface area contributed by atoms with E-state index in [-0.39, 0.29) is 25.2 Å². The van der Waals surface area contributed by atoms with Gasteiger partial charge in [0.2, 0.25) is 23.2 Å². The number of amides is 3. The Morgan fingerprint density at radius 3 is 2.23 bits per heavy atom. The van der Waals surface area contributed by atoms with Crippen molar-refractivity contribution in [1.29, 1.82) is 0 Å². The van der Waals surface area contributed by atoms with E-state index in [2.05, 4.69) is 17.4 Å². The molecule has 1 aromatic heterocycles. The Morgan fingerprint density at radius 1 is 0.771 bits per heavy atom. The highest BCUT2D eigenvalue weighted by Crippen LogP contribution is 2.22. The molecule has 0 fully saturated rings. The molecule has 0 saturated carbocycles. The zero-order valence-electron chi connectivity index (χ0n) is 18.8. The van der Waals surface area contributed by atoms with Gasteiger partial charge >= 0.3 is 0 Å². The van der Waals surface area contributed by atoms with Crippen LogP contribution in [0.25, 0.3) is 21.7 Å². The van der Waals surface area contributed by atoms with Crippen molar-refractivity contribution in [2.75, 3.05) is 5.32 Å². The monoisotopic (exact) mass is 473 g/mol. The van der Waals surface area contributed by atoms with Gasteiger partial charge in [-0.05, 0) is 29.3 Å². The summed E-state index contributed by atoms with van der Waals surface area (Å²) < 4.78 is 2.05. The SMILES string of the molecule is O=C(Cc1ccc(NC(=O)CC[n+]2cc3ccccc3c3ccccc32)c(CC(=O)NO)c1)NO. The molecule has 0 aliphatic rings. The van der Waals surface area contributed by atoms with Crippen LogP contribution in [0.2, 0.25) is 0 Å². The van der Waals surface area contributed by atoms with Gasteiger partial charge < -0.3 is 5.32 Å². The molecule has 0 spiro atoms. The highest BCUT2D eigenvalue weighted by Gasteiger charge is 2.16. The summed E-state index contributed by atoms with van der Waals surface area (Å²) in [5.41, 5.74) is 5.51. The molecule has 1 heterocycles. The summed E-state index contributed by atoms with van der Waals surface area (Å²) in [5.74, 6) is -1.53. The quantitative estimate of drug-likeness (QED) is 0.116. The smallest absolute Gasteiger partial charge is 0.247 e. The zero-order valence-corrected chi connectivity index (χ0v) is 18.8. The predicted molar refractivity (Wildman–Crippen MR) is 129 cm³/mol. The highest BCUT2D eigenvalue weighted by molar-refractivity contribution is 6.03. The third kappa shape index (κ3) is 5.60. The molecule has 0 unspecified atom stereocenters. The fourth-order valence-electron chi connectivity index (χ4n) is 4.13. The lowest BCUT2D eigenvalue weighted by molar-refractivity contribution is -0.668. The second kappa shape index (κ2) is 10.7. The molecule has 0 radical (unpaired) electrons. The van der Waals surface area contributed by atoms with Crippen molar-refractivity contribution in [2.45, 2.75) is 25.8 Å². The van der Waals surface area contributed by atoms with E-state index in [1.807, 2.05) is 47.2 Å². The van der Waals surface area contributed by atoms with E-state index < -0.39 is 11.8 Å². The molecule has 0 bridgehead atoms. The number of carbonyl (C=O) groups excluding carboxylic acids is 3. The Labute approximate surface area is 200 Å². The molecule has 35 heavy (non-hydrogen) atoms. The van der Waals surface area contributed by atoms with E-state index in [1.54, 1.807) is 29.2 Å². The van der Waals surface area contributed by atoms with Crippen LogP contribution < -0.4 is 20.8 Å². The van der Waals surface area contributed by atoms with Crippen molar-refractivity contribution in [3.8, 4) is 0 Å². The number of aromatic nitrogens is 1. The Hall–Kier alpha value is -4.34. The number of hydroxylamine groups is 2. The molecule has 4 aromatic rings. The van der Waals surface area contributed by atoms with Crippen LogP contribution in [-0.2, 0) is 33.8 Å². The Bertz CT molecular complexity index is 1420. The summed E-state index contributed by atoms with van der Waals surface area (Å²) in [6, 6.07) is 20.9. The molecule has 0 atom stereocenters. The number of para-hydroxylation sites is 1. The molecular weight excluding hydrogens is 448 g/mol. The summed E-state index contributed by atoms with van der Waals surface area (Å²) in [5, 5.41) is 23.8. The molecule has 9 nitrogen and oxygen atoms in total. The minimum Gasteiger partial charge on any atom is -0.326 e. The lowest BCUT2D eigenvalue weighted by Gasteiger charge is -2.12. The average molecular weight is 474 g/mol. The molecule has 178 valence electrons. The second-order valence-corrected chi connectivity index (χ2v) is 8.14. The topological polar surface area (TPSA) is 132 Å². The van der Waals surface area contributed by atoms with Crippen molar-refractivity contribution in [3.63, 3.8) is 0 Å². The van der Waals surface area contributed by atoms with Crippen molar-refractivity contribution in [3.05, 3.63) is 84.1 Å². The third-order valence-electron chi connectivity index (χ3n) is 5.75. The maximum atomic E-state index is 12.8. The molecule has 4 rings (SSSR count). The number of rotatable bonds is 8. The molecule has 0 saturated heterocycles. The summed E-state index contributed by atoms with van der Waals surface area (Å²) in [4.78, 5) is 36.1. The molecular formula is C26H25N4O5+. The number of hydrogen-bond acceptors (Lipinski definition) is 5. The number of aryl methyl sites for hydroxylation is 1. The van der Waals surface area contributed by atoms with E-state index in [9.17, 15) is 14.4 Å². The number of benzene rings is 3. The van der Waals surface area contributed by atoms with Gasteiger partial charge in [0, 0.05) is 22.5 Å². The number of carbonyl (C=O) groups is 3. The lowest BCUT2D eigenvalue weighted by Crippen LogP contribution is -2.36.